The van der Waals surface area contributed by atoms with Crippen LogP contribution in [-0.2, 0) is 0 Å². The number of carbonyl (C=O) groups excluding carboxylic acids is 2. The molecule has 0 aliphatic rings. The van der Waals surface area contributed by atoms with Gasteiger partial charge in [0.25, 0.3) is 5.91 Å². The first kappa shape index (κ1) is 14.5. The van der Waals surface area contributed by atoms with Crippen LogP contribution in [-0.4, -0.2) is 26.6 Å². The average molecular weight is 307 g/mol. The molecule has 0 radical (unpaired) electrons. The first-order valence-corrected chi connectivity index (χ1v) is 6.80. The van der Waals surface area contributed by atoms with Crippen LogP contribution in [0.2, 0.25) is 0 Å². The fraction of sp³-hybridized carbons (Fsp3) is 0. The van der Waals surface area contributed by atoms with Gasteiger partial charge in [-0.3, -0.25) is 9.59 Å². The van der Waals surface area contributed by atoms with Gasteiger partial charge in [-0.25, -0.2) is 9.67 Å². The van der Waals surface area contributed by atoms with Crippen molar-refractivity contribution in [3.63, 3.8) is 0 Å². The second kappa shape index (κ2) is 6.10. The summed E-state index contributed by atoms with van der Waals surface area (Å²) in [6.07, 6.45) is 3.01. The second-order valence-electron chi connectivity index (χ2n) is 4.79. The van der Waals surface area contributed by atoms with Crippen molar-refractivity contribution in [1.29, 1.82) is 0 Å². The molecule has 2 amide bonds. The van der Waals surface area contributed by atoms with Gasteiger partial charge in [-0.05, 0) is 42.5 Å². The molecule has 0 aliphatic carbocycles. The Bertz CT molecular complexity index is 841. The summed E-state index contributed by atoms with van der Waals surface area (Å²) in [5.74, 6) is -0.824. The van der Waals surface area contributed by atoms with Crippen LogP contribution in [0.4, 0.5) is 5.69 Å². The predicted molar refractivity (Wildman–Crippen MR) is 84.3 cm³/mol. The zero-order valence-electron chi connectivity index (χ0n) is 12.0. The van der Waals surface area contributed by atoms with E-state index in [1.165, 1.54) is 12.4 Å². The lowest BCUT2D eigenvalue weighted by Gasteiger charge is -2.07. The number of nitrogens with one attached hydrogen (secondary N) is 1. The number of rotatable bonds is 4. The lowest BCUT2D eigenvalue weighted by molar-refractivity contribution is 0.0996. The van der Waals surface area contributed by atoms with Crippen molar-refractivity contribution in [2.24, 2.45) is 5.73 Å². The number of carbonyl (C=O) groups is 2. The average Bonchev–Trinajstić information content (AvgIpc) is 3.09. The predicted octanol–water partition coefficient (Wildman–Crippen LogP) is 1.62. The van der Waals surface area contributed by atoms with E-state index in [2.05, 4.69) is 15.4 Å². The fourth-order valence-corrected chi connectivity index (χ4v) is 2.06. The summed E-state index contributed by atoms with van der Waals surface area (Å²) in [6.45, 7) is 0. The van der Waals surface area contributed by atoms with Gasteiger partial charge in [0, 0.05) is 16.8 Å². The molecular weight excluding hydrogens is 294 g/mol. The highest BCUT2D eigenvalue weighted by atomic mass is 16.2. The highest BCUT2D eigenvalue weighted by molar-refractivity contribution is 6.05. The van der Waals surface area contributed by atoms with Crippen molar-refractivity contribution in [2.75, 3.05) is 5.32 Å². The highest BCUT2D eigenvalue weighted by Crippen LogP contribution is 2.13. The molecule has 0 aliphatic heterocycles. The van der Waals surface area contributed by atoms with Gasteiger partial charge in [-0.1, -0.05) is 6.07 Å². The van der Waals surface area contributed by atoms with Crippen molar-refractivity contribution < 1.29 is 9.59 Å². The topological polar surface area (TPSA) is 103 Å². The minimum Gasteiger partial charge on any atom is -0.366 e. The van der Waals surface area contributed by atoms with Gasteiger partial charge in [0.2, 0.25) is 5.91 Å². The molecule has 0 atom stereocenters. The molecule has 2 aromatic carbocycles. The maximum absolute atomic E-state index is 12.2. The molecular formula is C16H13N5O2. The van der Waals surface area contributed by atoms with Gasteiger partial charge in [0.05, 0.1) is 5.69 Å². The number of nitrogens with two attached hydrogens (primary N) is 1. The van der Waals surface area contributed by atoms with Crippen LogP contribution in [0.25, 0.3) is 5.69 Å². The van der Waals surface area contributed by atoms with Crippen LogP contribution >= 0.6 is 0 Å². The van der Waals surface area contributed by atoms with Crippen molar-refractivity contribution in [3.05, 3.63) is 72.3 Å². The Labute approximate surface area is 131 Å². The SMILES string of the molecule is NC(=O)c1cccc(NC(=O)c2ccc(-n3cncn3)cc2)c1. The zero-order valence-corrected chi connectivity index (χ0v) is 12.0. The van der Waals surface area contributed by atoms with Crippen LogP contribution < -0.4 is 11.1 Å². The summed E-state index contributed by atoms with van der Waals surface area (Å²) < 4.78 is 1.60. The molecule has 23 heavy (non-hydrogen) atoms. The normalized spacial score (nSPS) is 10.3. The van der Waals surface area contributed by atoms with Gasteiger partial charge in [0.15, 0.2) is 0 Å². The van der Waals surface area contributed by atoms with Crippen molar-refractivity contribution >= 4 is 17.5 Å². The third-order valence-electron chi connectivity index (χ3n) is 3.22. The first-order chi connectivity index (χ1) is 11.1. The molecule has 0 saturated carbocycles. The molecule has 0 spiro atoms. The monoisotopic (exact) mass is 307 g/mol. The third-order valence-corrected chi connectivity index (χ3v) is 3.22. The Morgan fingerprint density at radius 3 is 2.48 bits per heavy atom. The van der Waals surface area contributed by atoms with Crippen molar-refractivity contribution in [1.82, 2.24) is 14.8 Å². The molecule has 0 unspecified atom stereocenters. The minimum atomic E-state index is -0.543. The number of primary amides is 1. The van der Waals surface area contributed by atoms with Gasteiger partial charge < -0.3 is 11.1 Å². The lowest BCUT2D eigenvalue weighted by Crippen LogP contribution is -2.14. The smallest absolute Gasteiger partial charge is 0.255 e. The Kier molecular flexibility index (Phi) is 3.84. The summed E-state index contributed by atoms with van der Waals surface area (Å²) in [5.41, 5.74) is 7.35. The van der Waals surface area contributed by atoms with E-state index in [9.17, 15) is 9.59 Å². The number of benzene rings is 2. The summed E-state index contributed by atoms with van der Waals surface area (Å²) >= 11 is 0. The number of anilines is 1. The number of nitrogens with zero attached hydrogens (tertiary/aromatic N) is 3. The van der Waals surface area contributed by atoms with Crippen LogP contribution in [0.15, 0.2) is 61.2 Å². The standard InChI is InChI=1S/C16H13N5O2/c17-15(22)12-2-1-3-13(8-12)20-16(23)11-4-6-14(7-5-11)21-10-18-9-19-21/h1-10H,(H2,17,22)(H,20,23). The maximum Gasteiger partial charge on any atom is 0.255 e. The van der Waals surface area contributed by atoms with Gasteiger partial charge in [-0.2, -0.15) is 5.10 Å². The fourth-order valence-electron chi connectivity index (χ4n) is 2.06. The summed E-state index contributed by atoms with van der Waals surface area (Å²) in [7, 11) is 0. The molecule has 114 valence electrons. The molecule has 7 nitrogen and oxygen atoms in total. The Balaban J connectivity index is 1.76. The van der Waals surface area contributed by atoms with E-state index in [1.807, 2.05) is 0 Å². The molecule has 1 aromatic heterocycles. The second-order valence-corrected chi connectivity index (χ2v) is 4.79. The maximum atomic E-state index is 12.2. The largest absolute Gasteiger partial charge is 0.366 e. The Morgan fingerprint density at radius 2 is 1.83 bits per heavy atom. The number of aromatic nitrogens is 3. The lowest BCUT2D eigenvalue weighted by atomic mass is 10.1. The summed E-state index contributed by atoms with van der Waals surface area (Å²) in [6, 6.07) is 13.4. The van der Waals surface area contributed by atoms with Gasteiger partial charge >= 0.3 is 0 Å². The van der Waals surface area contributed by atoms with E-state index >= 15 is 0 Å². The van der Waals surface area contributed by atoms with Crippen LogP contribution in [0.3, 0.4) is 0 Å². The van der Waals surface area contributed by atoms with Crippen LogP contribution in [0.5, 0.6) is 0 Å². The molecule has 7 heteroatoms. The van der Waals surface area contributed by atoms with Crippen LogP contribution in [0.1, 0.15) is 20.7 Å². The van der Waals surface area contributed by atoms with E-state index in [4.69, 9.17) is 5.73 Å². The third kappa shape index (κ3) is 3.24. The summed E-state index contributed by atoms with van der Waals surface area (Å²) in [5, 5.41) is 6.74. The van der Waals surface area contributed by atoms with E-state index in [0.717, 1.165) is 5.69 Å². The summed E-state index contributed by atoms with van der Waals surface area (Å²) in [4.78, 5) is 27.3. The zero-order chi connectivity index (χ0) is 16.2. The van der Waals surface area contributed by atoms with Gasteiger partial charge in [-0.15, -0.1) is 0 Å². The first-order valence-electron chi connectivity index (χ1n) is 6.80. The molecule has 3 N–H and O–H groups in total. The molecule has 1 heterocycles. The van der Waals surface area contributed by atoms with Gasteiger partial charge in [0.1, 0.15) is 12.7 Å². The molecule has 3 rings (SSSR count). The minimum absolute atomic E-state index is 0.281. The number of hydrogen-bond acceptors (Lipinski definition) is 4. The van der Waals surface area contributed by atoms with E-state index in [-0.39, 0.29) is 5.91 Å². The van der Waals surface area contributed by atoms with Crippen molar-refractivity contribution in [3.8, 4) is 5.69 Å². The van der Waals surface area contributed by atoms with E-state index in [0.29, 0.717) is 16.8 Å². The quantitative estimate of drug-likeness (QED) is 0.764. The molecule has 0 fully saturated rings. The Hall–Kier alpha value is -3.48. The molecule has 3 aromatic rings. The number of amides is 2. The van der Waals surface area contributed by atoms with E-state index < -0.39 is 5.91 Å². The number of hydrogen-bond donors (Lipinski definition) is 2. The Morgan fingerprint density at radius 1 is 1.04 bits per heavy atom. The molecule has 0 saturated heterocycles. The van der Waals surface area contributed by atoms with Crippen molar-refractivity contribution in [2.45, 2.75) is 0 Å². The van der Waals surface area contributed by atoms with Crippen LogP contribution in [0, 0.1) is 0 Å². The molecule has 0 bridgehead atoms. The van der Waals surface area contributed by atoms with E-state index in [1.54, 1.807) is 53.5 Å². The highest BCUT2D eigenvalue weighted by Gasteiger charge is 2.08.